The number of carbonyl (C=O) groups is 1. The molecule has 0 bridgehead atoms. The summed E-state index contributed by atoms with van der Waals surface area (Å²) in [4.78, 5) is 29.1. The van der Waals surface area contributed by atoms with Gasteiger partial charge >= 0.3 is 0 Å². The zero-order valence-corrected chi connectivity index (χ0v) is 16.5. The SMILES string of the molecule is Cn1nc(-c2ccccc2)nc1CCNC(=O)CCn1nnc2ccccc2c1=O. The zero-order valence-electron chi connectivity index (χ0n) is 16.5. The molecule has 0 spiro atoms. The predicted octanol–water partition coefficient (Wildman–Crippen LogP) is 1.34. The summed E-state index contributed by atoms with van der Waals surface area (Å²) in [6.07, 6.45) is 0.693. The van der Waals surface area contributed by atoms with Crippen LogP contribution in [0.3, 0.4) is 0 Å². The van der Waals surface area contributed by atoms with E-state index in [9.17, 15) is 9.59 Å². The summed E-state index contributed by atoms with van der Waals surface area (Å²) in [6, 6.07) is 16.8. The van der Waals surface area contributed by atoms with E-state index in [4.69, 9.17) is 0 Å². The summed E-state index contributed by atoms with van der Waals surface area (Å²) in [5, 5.41) is 15.7. The summed E-state index contributed by atoms with van der Waals surface area (Å²) in [7, 11) is 1.83. The number of benzene rings is 2. The molecule has 0 saturated heterocycles. The van der Waals surface area contributed by atoms with Crippen molar-refractivity contribution in [2.45, 2.75) is 19.4 Å². The molecule has 4 rings (SSSR count). The molecule has 0 saturated carbocycles. The number of hydrogen-bond acceptors (Lipinski definition) is 6. The van der Waals surface area contributed by atoms with Gasteiger partial charge in [-0.05, 0) is 12.1 Å². The topological polar surface area (TPSA) is 108 Å². The minimum absolute atomic E-state index is 0.140. The lowest BCUT2D eigenvalue weighted by atomic mass is 10.2. The molecule has 0 radical (unpaired) electrons. The third-order valence-electron chi connectivity index (χ3n) is 4.74. The van der Waals surface area contributed by atoms with E-state index in [-0.39, 0.29) is 24.4 Å². The fourth-order valence-electron chi connectivity index (χ4n) is 3.12. The summed E-state index contributed by atoms with van der Waals surface area (Å²) >= 11 is 0. The van der Waals surface area contributed by atoms with E-state index in [0.717, 1.165) is 11.4 Å². The minimum Gasteiger partial charge on any atom is -0.356 e. The molecule has 0 unspecified atom stereocenters. The van der Waals surface area contributed by atoms with Crippen LogP contribution in [0.2, 0.25) is 0 Å². The molecule has 4 aromatic rings. The van der Waals surface area contributed by atoms with E-state index >= 15 is 0 Å². The van der Waals surface area contributed by atoms with Gasteiger partial charge < -0.3 is 5.32 Å². The molecule has 2 heterocycles. The number of nitrogens with zero attached hydrogens (tertiary/aromatic N) is 6. The highest BCUT2D eigenvalue weighted by molar-refractivity contribution is 5.77. The Morgan fingerprint density at radius 2 is 1.83 bits per heavy atom. The van der Waals surface area contributed by atoms with Crippen molar-refractivity contribution in [2.24, 2.45) is 7.05 Å². The van der Waals surface area contributed by atoms with Crippen LogP contribution in [-0.4, -0.2) is 42.2 Å². The number of amides is 1. The van der Waals surface area contributed by atoms with Crippen molar-refractivity contribution in [3.05, 3.63) is 70.8 Å². The van der Waals surface area contributed by atoms with E-state index in [1.165, 1.54) is 4.68 Å². The second-order valence-corrected chi connectivity index (χ2v) is 6.83. The number of aromatic nitrogens is 6. The molecular formula is C21H21N7O2. The Bertz CT molecular complexity index is 1230. The Balaban J connectivity index is 1.30. The largest absolute Gasteiger partial charge is 0.356 e. The molecule has 0 aliphatic carbocycles. The van der Waals surface area contributed by atoms with Crippen LogP contribution < -0.4 is 10.9 Å². The van der Waals surface area contributed by atoms with Gasteiger partial charge in [-0.25, -0.2) is 9.67 Å². The van der Waals surface area contributed by atoms with Gasteiger partial charge in [0.15, 0.2) is 5.82 Å². The van der Waals surface area contributed by atoms with Gasteiger partial charge in [0.05, 0.1) is 11.9 Å². The molecule has 0 atom stereocenters. The smallest absolute Gasteiger partial charge is 0.277 e. The monoisotopic (exact) mass is 403 g/mol. The van der Waals surface area contributed by atoms with Crippen LogP contribution in [-0.2, 0) is 24.8 Å². The third-order valence-corrected chi connectivity index (χ3v) is 4.74. The first-order chi connectivity index (χ1) is 14.6. The molecule has 2 aromatic heterocycles. The first kappa shape index (κ1) is 19.4. The van der Waals surface area contributed by atoms with Gasteiger partial charge in [-0.1, -0.05) is 47.7 Å². The summed E-state index contributed by atoms with van der Waals surface area (Å²) in [5.74, 6) is 1.28. The van der Waals surface area contributed by atoms with E-state index in [0.29, 0.717) is 29.7 Å². The van der Waals surface area contributed by atoms with Crippen molar-refractivity contribution in [1.29, 1.82) is 0 Å². The van der Waals surface area contributed by atoms with Crippen LogP contribution in [0.15, 0.2) is 59.4 Å². The lowest BCUT2D eigenvalue weighted by Crippen LogP contribution is -2.30. The maximum atomic E-state index is 12.4. The van der Waals surface area contributed by atoms with Crippen LogP contribution in [0.1, 0.15) is 12.2 Å². The molecule has 1 amide bonds. The second kappa shape index (κ2) is 8.64. The first-order valence-corrected chi connectivity index (χ1v) is 9.66. The van der Waals surface area contributed by atoms with E-state index in [1.54, 1.807) is 28.9 Å². The van der Waals surface area contributed by atoms with Crippen molar-refractivity contribution in [3.63, 3.8) is 0 Å². The number of rotatable bonds is 7. The van der Waals surface area contributed by atoms with Gasteiger partial charge in [0.1, 0.15) is 11.3 Å². The quantitative estimate of drug-likeness (QED) is 0.499. The average molecular weight is 403 g/mol. The molecule has 1 N–H and O–H groups in total. The lowest BCUT2D eigenvalue weighted by Gasteiger charge is -2.06. The van der Waals surface area contributed by atoms with Gasteiger partial charge in [0, 0.05) is 32.0 Å². The molecular weight excluding hydrogens is 382 g/mol. The number of nitrogens with one attached hydrogen (secondary N) is 1. The summed E-state index contributed by atoms with van der Waals surface area (Å²) in [5.41, 5.74) is 1.24. The van der Waals surface area contributed by atoms with Crippen LogP contribution in [0.5, 0.6) is 0 Å². The Morgan fingerprint density at radius 3 is 2.67 bits per heavy atom. The van der Waals surface area contributed by atoms with E-state index in [1.807, 2.05) is 37.4 Å². The Hall–Kier alpha value is -3.88. The molecule has 0 fully saturated rings. The number of fused-ring (bicyclic) bond motifs is 1. The average Bonchev–Trinajstić information content (AvgIpc) is 3.15. The Morgan fingerprint density at radius 1 is 1.07 bits per heavy atom. The van der Waals surface area contributed by atoms with Gasteiger partial charge in [0.25, 0.3) is 5.56 Å². The lowest BCUT2D eigenvalue weighted by molar-refractivity contribution is -0.121. The maximum absolute atomic E-state index is 12.4. The third kappa shape index (κ3) is 4.24. The van der Waals surface area contributed by atoms with E-state index in [2.05, 4.69) is 25.7 Å². The van der Waals surface area contributed by atoms with Crippen LogP contribution >= 0.6 is 0 Å². The van der Waals surface area contributed by atoms with Gasteiger partial charge in [-0.15, -0.1) is 5.10 Å². The highest BCUT2D eigenvalue weighted by Crippen LogP contribution is 2.14. The Labute approximate surface area is 172 Å². The maximum Gasteiger partial charge on any atom is 0.277 e. The number of hydrogen-bond donors (Lipinski definition) is 1. The predicted molar refractivity (Wildman–Crippen MR) is 112 cm³/mol. The molecule has 9 heteroatoms. The van der Waals surface area contributed by atoms with Gasteiger partial charge in [0.2, 0.25) is 5.91 Å². The molecule has 0 aliphatic rings. The molecule has 152 valence electrons. The van der Waals surface area contributed by atoms with Crippen LogP contribution in [0, 0.1) is 0 Å². The van der Waals surface area contributed by atoms with Crippen molar-refractivity contribution in [3.8, 4) is 11.4 Å². The fraction of sp³-hybridized carbons (Fsp3) is 0.238. The molecule has 2 aromatic carbocycles. The van der Waals surface area contributed by atoms with Crippen molar-refractivity contribution >= 4 is 16.8 Å². The summed E-state index contributed by atoms with van der Waals surface area (Å²) < 4.78 is 2.94. The van der Waals surface area contributed by atoms with Crippen molar-refractivity contribution in [1.82, 2.24) is 35.1 Å². The van der Waals surface area contributed by atoms with E-state index < -0.39 is 0 Å². The second-order valence-electron chi connectivity index (χ2n) is 6.83. The first-order valence-electron chi connectivity index (χ1n) is 9.66. The Kier molecular flexibility index (Phi) is 5.60. The molecule has 9 nitrogen and oxygen atoms in total. The van der Waals surface area contributed by atoms with Gasteiger partial charge in [-0.3, -0.25) is 14.3 Å². The summed E-state index contributed by atoms with van der Waals surface area (Å²) in [6.45, 7) is 0.600. The van der Waals surface area contributed by atoms with Crippen molar-refractivity contribution in [2.75, 3.05) is 6.54 Å². The normalized spacial score (nSPS) is 11.0. The molecule has 30 heavy (non-hydrogen) atoms. The highest BCUT2D eigenvalue weighted by Gasteiger charge is 2.10. The number of carbonyl (C=O) groups excluding carboxylic acids is 1. The van der Waals surface area contributed by atoms with Gasteiger partial charge in [-0.2, -0.15) is 5.10 Å². The fourth-order valence-corrected chi connectivity index (χ4v) is 3.12. The van der Waals surface area contributed by atoms with Crippen molar-refractivity contribution < 1.29 is 4.79 Å². The zero-order chi connectivity index (χ0) is 20.9. The highest BCUT2D eigenvalue weighted by atomic mass is 16.2. The van der Waals surface area contributed by atoms with Crippen LogP contribution in [0.25, 0.3) is 22.3 Å². The molecule has 0 aliphatic heterocycles. The minimum atomic E-state index is -0.249. The van der Waals surface area contributed by atoms with Crippen LogP contribution in [0.4, 0.5) is 0 Å². The standard InChI is InChI=1S/C21H21N7O2/c1-27-18(23-20(25-27)15-7-3-2-4-8-15)11-13-22-19(29)12-14-28-21(30)16-9-5-6-10-17(16)24-26-28/h2-10H,11-14H2,1H3,(H,22,29). The number of aryl methyl sites for hydroxylation is 2.